The lowest BCUT2D eigenvalue weighted by Crippen LogP contribution is -2.28. The molecule has 0 atom stereocenters. The fourth-order valence-corrected chi connectivity index (χ4v) is 1.96. The first-order chi connectivity index (χ1) is 8.69. The highest BCUT2D eigenvalue weighted by Gasteiger charge is 2.09. The average molecular weight is 249 g/mol. The Morgan fingerprint density at radius 3 is 2.72 bits per heavy atom. The van der Waals surface area contributed by atoms with Crippen LogP contribution in [0.1, 0.15) is 46.1 Å². The number of rotatable bonds is 8. The third-order valence-corrected chi connectivity index (χ3v) is 3.09. The molecule has 18 heavy (non-hydrogen) atoms. The van der Waals surface area contributed by atoms with Crippen molar-refractivity contribution in [3.63, 3.8) is 0 Å². The summed E-state index contributed by atoms with van der Waals surface area (Å²) in [6, 6.07) is 2.64. The summed E-state index contributed by atoms with van der Waals surface area (Å²) < 4.78 is 0. The second kappa shape index (κ2) is 8.09. The molecule has 0 aliphatic heterocycles. The molecule has 1 N–H and O–H groups in total. The zero-order valence-corrected chi connectivity index (χ0v) is 12.2. The molecule has 0 unspecified atom stereocenters. The number of anilines is 1. The first kappa shape index (κ1) is 15.0. The van der Waals surface area contributed by atoms with Crippen LogP contribution >= 0.6 is 0 Å². The topological polar surface area (TPSA) is 28.2 Å². The van der Waals surface area contributed by atoms with E-state index in [-0.39, 0.29) is 0 Å². The van der Waals surface area contributed by atoms with E-state index in [9.17, 15) is 0 Å². The summed E-state index contributed by atoms with van der Waals surface area (Å²) in [5.74, 6) is 0. The molecule has 1 aromatic heterocycles. The molecule has 0 aliphatic rings. The molecule has 1 aromatic rings. The van der Waals surface area contributed by atoms with E-state index in [4.69, 9.17) is 0 Å². The van der Waals surface area contributed by atoms with Gasteiger partial charge in [0, 0.05) is 31.9 Å². The van der Waals surface area contributed by atoms with E-state index >= 15 is 0 Å². The van der Waals surface area contributed by atoms with Crippen molar-refractivity contribution in [3.8, 4) is 0 Å². The predicted molar refractivity (Wildman–Crippen MR) is 79.0 cm³/mol. The summed E-state index contributed by atoms with van der Waals surface area (Å²) in [7, 11) is 0. The lowest BCUT2D eigenvalue weighted by atomic mass is 10.2. The Balaban J connectivity index is 2.78. The first-order valence-corrected chi connectivity index (χ1v) is 7.10. The third-order valence-electron chi connectivity index (χ3n) is 3.09. The summed E-state index contributed by atoms with van der Waals surface area (Å²) in [5, 5.41) is 3.48. The minimum Gasteiger partial charge on any atom is -0.370 e. The molecule has 0 fully saturated rings. The van der Waals surface area contributed by atoms with Crippen molar-refractivity contribution in [2.24, 2.45) is 0 Å². The number of unbranched alkanes of at least 4 members (excludes halogenated alkanes) is 1. The molecule has 0 amide bonds. The fraction of sp³-hybridized carbons (Fsp3) is 0.667. The Labute approximate surface area is 112 Å². The Morgan fingerprint density at radius 1 is 1.33 bits per heavy atom. The van der Waals surface area contributed by atoms with Gasteiger partial charge in [-0.15, -0.1) is 0 Å². The number of hydrogen-bond acceptors (Lipinski definition) is 3. The van der Waals surface area contributed by atoms with Gasteiger partial charge in [-0.05, 0) is 25.0 Å². The summed E-state index contributed by atoms with van der Waals surface area (Å²) >= 11 is 0. The molecule has 0 aromatic carbocycles. The molecule has 102 valence electrons. The summed E-state index contributed by atoms with van der Waals surface area (Å²) in [6.07, 6.45) is 6.35. The van der Waals surface area contributed by atoms with Crippen molar-refractivity contribution in [1.82, 2.24) is 10.3 Å². The average Bonchev–Trinajstić information content (AvgIpc) is 2.38. The van der Waals surface area contributed by atoms with E-state index in [1.54, 1.807) is 0 Å². The molecule has 1 rings (SSSR count). The molecule has 0 saturated heterocycles. The third kappa shape index (κ3) is 4.65. The van der Waals surface area contributed by atoms with Gasteiger partial charge >= 0.3 is 0 Å². The van der Waals surface area contributed by atoms with Gasteiger partial charge in [0.15, 0.2) is 0 Å². The van der Waals surface area contributed by atoms with E-state index in [2.05, 4.69) is 49.0 Å². The molecule has 0 spiro atoms. The first-order valence-electron chi connectivity index (χ1n) is 7.10. The molecular formula is C15H27N3. The van der Waals surface area contributed by atoms with Gasteiger partial charge in [0.2, 0.25) is 0 Å². The van der Waals surface area contributed by atoms with Gasteiger partial charge in [-0.3, -0.25) is 4.98 Å². The van der Waals surface area contributed by atoms with Crippen molar-refractivity contribution in [3.05, 3.63) is 24.0 Å². The largest absolute Gasteiger partial charge is 0.370 e. The summed E-state index contributed by atoms with van der Waals surface area (Å²) in [6.45, 7) is 11.9. The SMILES string of the molecule is CCCCN(CC)c1cnccc1CNC(C)C. The second-order valence-electron chi connectivity index (χ2n) is 4.97. The molecule has 1 heterocycles. The molecule has 3 nitrogen and oxygen atoms in total. The lowest BCUT2D eigenvalue weighted by Gasteiger charge is -2.25. The molecule has 3 heteroatoms. The minimum atomic E-state index is 0.511. The van der Waals surface area contributed by atoms with E-state index in [1.165, 1.54) is 24.1 Å². The van der Waals surface area contributed by atoms with Crippen molar-refractivity contribution in [2.75, 3.05) is 18.0 Å². The van der Waals surface area contributed by atoms with Crippen molar-refractivity contribution >= 4 is 5.69 Å². The highest BCUT2D eigenvalue weighted by Crippen LogP contribution is 2.19. The van der Waals surface area contributed by atoms with E-state index in [0.29, 0.717) is 6.04 Å². The van der Waals surface area contributed by atoms with Crippen LogP contribution in [0.25, 0.3) is 0 Å². The van der Waals surface area contributed by atoms with Gasteiger partial charge in [-0.2, -0.15) is 0 Å². The lowest BCUT2D eigenvalue weighted by molar-refractivity contribution is 0.587. The van der Waals surface area contributed by atoms with Gasteiger partial charge in [0.25, 0.3) is 0 Å². The minimum absolute atomic E-state index is 0.511. The van der Waals surface area contributed by atoms with Crippen LogP contribution in [0.5, 0.6) is 0 Å². The van der Waals surface area contributed by atoms with Crippen molar-refractivity contribution in [1.29, 1.82) is 0 Å². The van der Waals surface area contributed by atoms with Crippen LogP contribution in [0.4, 0.5) is 5.69 Å². The van der Waals surface area contributed by atoms with E-state index < -0.39 is 0 Å². The van der Waals surface area contributed by atoms with Crippen LogP contribution in [0.15, 0.2) is 18.5 Å². The number of pyridine rings is 1. The Bertz CT molecular complexity index is 336. The Kier molecular flexibility index (Phi) is 6.73. The smallest absolute Gasteiger partial charge is 0.0598 e. The molecule has 0 radical (unpaired) electrons. The molecule has 0 bridgehead atoms. The van der Waals surface area contributed by atoms with Crippen LogP contribution < -0.4 is 10.2 Å². The highest BCUT2D eigenvalue weighted by atomic mass is 15.1. The van der Waals surface area contributed by atoms with Gasteiger partial charge in [0.1, 0.15) is 0 Å². The monoisotopic (exact) mass is 249 g/mol. The maximum Gasteiger partial charge on any atom is 0.0598 e. The molecule has 0 saturated carbocycles. The van der Waals surface area contributed by atoms with Gasteiger partial charge in [0.05, 0.1) is 11.9 Å². The maximum atomic E-state index is 4.28. The Morgan fingerprint density at radius 2 is 2.11 bits per heavy atom. The van der Waals surface area contributed by atoms with Crippen LogP contribution in [-0.2, 0) is 6.54 Å². The van der Waals surface area contributed by atoms with Crippen LogP contribution in [0, 0.1) is 0 Å². The van der Waals surface area contributed by atoms with Gasteiger partial charge in [-0.1, -0.05) is 27.2 Å². The summed E-state index contributed by atoms with van der Waals surface area (Å²) in [4.78, 5) is 6.70. The van der Waals surface area contributed by atoms with Crippen LogP contribution in [0.3, 0.4) is 0 Å². The van der Waals surface area contributed by atoms with Crippen molar-refractivity contribution < 1.29 is 0 Å². The number of nitrogens with zero attached hydrogens (tertiary/aromatic N) is 2. The van der Waals surface area contributed by atoms with E-state index in [1.807, 2.05) is 12.4 Å². The molecule has 0 aliphatic carbocycles. The van der Waals surface area contributed by atoms with Gasteiger partial charge < -0.3 is 10.2 Å². The van der Waals surface area contributed by atoms with Crippen molar-refractivity contribution in [2.45, 2.75) is 53.1 Å². The standard InChI is InChI=1S/C15H27N3/c1-5-7-10-18(6-2)15-12-16-9-8-14(15)11-17-13(3)4/h8-9,12-13,17H,5-7,10-11H2,1-4H3. The Hall–Kier alpha value is -1.09. The van der Waals surface area contributed by atoms with Crippen LogP contribution in [-0.4, -0.2) is 24.1 Å². The predicted octanol–water partition coefficient (Wildman–Crippen LogP) is 3.21. The number of aromatic nitrogens is 1. The zero-order valence-electron chi connectivity index (χ0n) is 12.2. The quantitative estimate of drug-likeness (QED) is 0.767. The van der Waals surface area contributed by atoms with Crippen LogP contribution in [0.2, 0.25) is 0 Å². The van der Waals surface area contributed by atoms with E-state index in [0.717, 1.165) is 19.6 Å². The summed E-state index contributed by atoms with van der Waals surface area (Å²) in [5.41, 5.74) is 2.62. The highest BCUT2D eigenvalue weighted by molar-refractivity contribution is 5.51. The van der Waals surface area contributed by atoms with Gasteiger partial charge in [-0.25, -0.2) is 0 Å². The maximum absolute atomic E-state index is 4.28. The fourth-order valence-electron chi connectivity index (χ4n) is 1.96. The number of nitrogens with one attached hydrogen (secondary N) is 1. The zero-order chi connectivity index (χ0) is 13.4. The second-order valence-corrected chi connectivity index (χ2v) is 4.97. The molecular weight excluding hydrogens is 222 g/mol. The normalized spacial score (nSPS) is 10.9. The number of hydrogen-bond donors (Lipinski definition) is 1.